The number of nitrogens with one attached hydrogen (secondary N) is 2. The molecule has 10 nitrogen and oxygen atoms in total. The van der Waals surface area contributed by atoms with Gasteiger partial charge in [0.15, 0.2) is 0 Å². The SMILES string of the molecule is CC/C(=C(/c1ccc(OCCCC/C=C/C(=O)N(C)C)cc1)c1ccc2n[nH]c(F)c2c1)c1ccccc1.CC/C(=C(/c1ccc(OCCCC/C=C/C(=O)N(C)C)cc1)c1ccc2n[nH]c(F)c2c1)c1ccccc1. The van der Waals surface area contributed by atoms with E-state index >= 15 is 0 Å². The minimum atomic E-state index is -0.428. The van der Waals surface area contributed by atoms with Gasteiger partial charge < -0.3 is 19.3 Å². The van der Waals surface area contributed by atoms with Crippen LogP contribution in [-0.4, -0.2) is 83.4 Å². The van der Waals surface area contributed by atoms with Crippen LogP contribution in [0.5, 0.6) is 11.5 Å². The monoisotopic (exact) mass is 1020 g/mol. The second-order valence-corrected chi connectivity index (χ2v) is 18.7. The highest BCUT2D eigenvalue weighted by molar-refractivity contribution is 6.02. The Kier molecular flexibility index (Phi) is 20.2. The van der Waals surface area contributed by atoms with Crippen LogP contribution in [0.1, 0.15) is 98.6 Å². The molecule has 2 N–H and O–H groups in total. The number of carbonyl (C=O) groups is 2. The molecule has 12 heteroatoms. The number of allylic oxidation sites excluding steroid dienone is 4. The first kappa shape index (κ1) is 55.4. The number of likely N-dealkylation sites (N-methyl/N-ethyl adjacent to an activating group) is 2. The fraction of sp³-hybridized carbons (Fsp3) is 0.250. The minimum Gasteiger partial charge on any atom is -0.494 e. The second kappa shape index (κ2) is 27.8. The van der Waals surface area contributed by atoms with E-state index in [1.807, 2.05) is 109 Å². The lowest BCUT2D eigenvalue weighted by Crippen LogP contribution is -2.18. The summed E-state index contributed by atoms with van der Waals surface area (Å²) in [6.07, 6.45) is 14.1. The number of halogens is 2. The van der Waals surface area contributed by atoms with Crippen molar-refractivity contribution >= 4 is 55.9 Å². The molecule has 8 aromatic rings. The van der Waals surface area contributed by atoms with Crippen LogP contribution in [0.4, 0.5) is 8.78 Å². The number of hydrogen-bond donors (Lipinski definition) is 2. The van der Waals surface area contributed by atoms with Crippen molar-refractivity contribution < 1.29 is 27.8 Å². The zero-order valence-electron chi connectivity index (χ0n) is 44.4. The van der Waals surface area contributed by atoms with Gasteiger partial charge in [-0.25, -0.2) is 0 Å². The Bertz CT molecular complexity index is 3060. The standard InChI is InChI=1S/2C32H34FN3O2/c2*1-4-27(23-12-8-7-9-13-23)31(25-17-20-29-28(22-25)32(33)35-34-29)24-15-18-26(19-16-24)38-21-11-6-5-10-14-30(37)36(2)3/h2*7-10,12-20,22H,4-6,11,21H2,1-3H3,(H,34,35)/b2*14-10+,31-27+. The molecule has 2 heterocycles. The highest BCUT2D eigenvalue weighted by atomic mass is 19.1. The normalized spacial score (nSPS) is 12.1. The van der Waals surface area contributed by atoms with Gasteiger partial charge >= 0.3 is 0 Å². The van der Waals surface area contributed by atoms with E-state index in [1.54, 1.807) is 50.1 Å². The number of rotatable bonds is 22. The van der Waals surface area contributed by atoms with Crippen molar-refractivity contribution in [1.82, 2.24) is 30.2 Å². The van der Waals surface area contributed by atoms with Gasteiger partial charge in [0, 0.05) is 28.2 Å². The van der Waals surface area contributed by atoms with E-state index < -0.39 is 11.9 Å². The molecule has 0 aliphatic heterocycles. The number of amides is 2. The summed E-state index contributed by atoms with van der Waals surface area (Å²) in [5.74, 6) is 0.761. The number of aromatic amines is 2. The summed E-state index contributed by atoms with van der Waals surface area (Å²) in [6.45, 7) is 5.50. The van der Waals surface area contributed by atoms with Gasteiger partial charge in [-0.2, -0.15) is 19.0 Å². The Morgan fingerprint density at radius 2 is 0.855 bits per heavy atom. The number of fused-ring (bicyclic) bond motifs is 2. The quantitative estimate of drug-likeness (QED) is 0.0397. The summed E-state index contributed by atoms with van der Waals surface area (Å²) in [6, 6.07) is 48.2. The fourth-order valence-corrected chi connectivity index (χ4v) is 8.84. The highest BCUT2D eigenvalue weighted by Gasteiger charge is 2.18. The molecule has 0 atom stereocenters. The van der Waals surface area contributed by atoms with Crippen molar-refractivity contribution in [3.05, 3.63) is 215 Å². The molecule has 392 valence electrons. The number of unbranched alkanes of at least 4 members (excludes halogenated alkanes) is 4. The van der Waals surface area contributed by atoms with Crippen LogP contribution in [0.3, 0.4) is 0 Å². The summed E-state index contributed by atoms with van der Waals surface area (Å²) in [4.78, 5) is 26.3. The second-order valence-electron chi connectivity index (χ2n) is 18.7. The molecule has 0 unspecified atom stereocenters. The number of hydrogen-bond acceptors (Lipinski definition) is 6. The molecule has 0 spiro atoms. The Hall–Kier alpha value is -8.38. The number of ether oxygens (including phenoxy) is 2. The fourth-order valence-electron chi connectivity index (χ4n) is 8.84. The number of H-pyrrole nitrogens is 2. The molecule has 0 aliphatic rings. The lowest BCUT2D eigenvalue weighted by atomic mass is 9.88. The van der Waals surface area contributed by atoms with E-state index in [0.29, 0.717) is 35.0 Å². The first-order valence-electron chi connectivity index (χ1n) is 26.0. The van der Waals surface area contributed by atoms with Crippen molar-refractivity contribution in [2.24, 2.45) is 0 Å². The van der Waals surface area contributed by atoms with Crippen LogP contribution < -0.4 is 9.47 Å². The average Bonchev–Trinajstić information content (AvgIpc) is 4.01. The summed E-state index contributed by atoms with van der Waals surface area (Å²) in [5.41, 5.74) is 11.9. The maximum atomic E-state index is 14.4. The smallest absolute Gasteiger partial charge is 0.245 e. The van der Waals surface area contributed by atoms with E-state index in [9.17, 15) is 18.4 Å². The largest absolute Gasteiger partial charge is 0.494 e. The van der Waals surface area contributed by atoms with E-state index in [4.69, 9.17) is 9.47 Å². The van der Waals surface area contributed by atoms with E-state index in [-0.39, 0.29) is 11.8 Å². The predicted octanol–water partition coefficient (Wildman–Crippen LogP) is 14.5. The van der Waals surface area contributed by atoms with Crippen molar-refractivity contribution in [2.45, 2.75) is 65.2 Å². The molecule has 8 rings (SSSR count). The van der Waals surface area contributed by atoms with Gasteiger partial charge in [0.2, 0.25) is 23.7 Å². The van der Waals surface area contributed by atoms with Crippen LogP contribution in [0.25, 0.3) is 44.1 Å². The maximum Gasteiger partial charge on any atom is 0.245 e. The molecule has 76 heavy (non-hydrogen) atoms. The third-order valence-electron chi connectivity index (χ3n) is 12.9. The average molecular weight is 1020 g/mol. The van der Waals surface area contributed by atoms with Gasteiger partial charge in [-0.15, -0.1) is 0 Å². The predicted molar refractivity (Wildman–Crippen MR) is 305 cm³/mol. The number of aromatic nitrogens is 4. The molecule has 0 fully saturated rings. The zero-order valence-corrected chi connectivity index (χ0v) is 44.4. The first-order valence-corrected chi connectivity index (χ1v) is 26.0. The molecule has 2 aromatic heterocycles. The molecule has 2 amide bonds. The topological polar surface area (TPSA) is 116 Å². The van der Waals surface area contributed by atoms with Crippen LogP contribution in [0.15, 0.2) is 170 Å². The number of nitrogens with zero attached hydrogens (tertiary/aromatic N) is 4. The summed E-state index contributed by atoms with van der Waals surface area (Å²) in [7, 11) is 6.97. The molecule has 0 saturated heterocycles. The number of carbonyl (C=O) groups excluding carboxylic acids is 2. The van der Waals surface area contributed by atoms with Gasteiger partial charge in [-0.3, -0.25) is 19.8 Å². The van der Waals surface area contributed by atoms with Gasteiger partial charge in [-0.1, -0.05) is 123 Å². The van der Waals surface area contributed by atoms with E-state index in [1.165, 1.54) is 11.1 Å². The van der Waals surface area contributed by atoms with Gasteiger partial charge in [-0.05, 0) is 168 Å². The van der Waals surface area contributed by atoms with E-state index in [2.05, 4.69) is 82.8 Å². The Morgan fingerprint density at radius 3 is 1.21 bits per heavy atom. The molecular formula is C64H68F2N6O4. The number of benzene rings is 6. The maximum absolute atomic E-state index is 14.4. The van der Waals surface area contributed by atoms with Crippen molar-refractivity contribution in [3.63, 3.8) is 0 Å². The first-order chi connectivity index (χ1) is 36.9. The zero-order chi connectivity index (χ0) is 53.8. The van der Waals surface area contributed by atoms with Gasteiger partial charge in [0.25, 0.3) is 0 Å². The van der Waals surface area contributed by atoms with Crippen molar-refractivity contribution in [3.8, 4) is 11.5 Å². The third kappa shape index (κ3) is 14.9. The van der Waals surface area contributed by atoms with Crippen LogP contribution in [-0.2, 0) is 9.59 Å². The molecule has 6 aromatic carbocycles. The summed E-state index contributed by atoms with van der Waals surface area (Å²) >= 11 is 0. The highest BCUT2D eigenvalue weighted by Crippen LogP contribution is 2.38. The lowest BCUT2D eigenvalue weighted by molar-refractivity contribution is -0.124. The molecular weight excluding hydrogens is 955 g/mol. The Morgan fingerprint density at radius 1 is 0.487 bits per heavy atom. The third-order valence-corrected chi connectivity index (χ3v) is 12.9. The Balaban J connectivity index is 0.000000221. The van der Waals surface area contributed by atoms with Crippen LogP contribution in [0.2, 0.25) is 0 Å². The molecule has 0 radical (unpaired) electrons. The van der Waals surface area contributed by atoms with Crippen molar-refractivity contribution in [2.75, 3.05) is 41.4 Å². The Labute approximate surface area is 445 Å². The minimum absolute atomic E-state index is 0.00285. The van der Waals surface area contributed by atoms with Crippen molar-refractivity contribution in [1.29, 1.82) is 0 Å². The van der Waals surface area contributed by atoms with Gasteiger partial charge in [0.05, 0.1) is 35.0 Å². The summed E-state index contributed by atoms with van der Waals surface area (Å²) in [5, 5.41) is 13.9. The van der Waals surface area contributed by atoms with Crippen LogP contribution in [0, 0.1) is 11.9 Å². The summed E-state index contributed by atoms with van der Waals surface area (Å²) < 4.78 is 40.7. The van der Waals surface area contributed by atoms with E-state index in [0.717, 1.165) is 107 Å². The molecule has 0 aliphatic carbocycles. The van der Waals surface area contributed by atoms with Gasteiger partial charge in [0.1, 0.15) is 11.5 Å². The van der Waals surface area contributed by atoms with Crippen LogP contribution >= 0.6 is 0 Å². The molecule has 0 saturated carbocycles. The molecule has 0 bridgehead atoms. The lowest BCUT2D eigenvalue weighted by Gasteiger charge is -2.17.